The minimum atomic E-state index is -0.424. The van der Waals surface area contributed by atoms with Crippen LogP contribution in [0.15, 0.2) is 42.5 Å². The monoisotopic (exact) mass is 410 g/mol. The fourth-order valence-corrected chi connectivity index (χ4v) is 4.18. The fourth-order valence-electron chi connectivity index (χ4n) is 4.18. The van der Waals surface area contributed by atoms with Crippen molar-refractivity contribution in [3.8, 4) is 11.5 Å². The Morgan fingerprint density at radius 3 is 2.53 bits per heavy atom. The fraction of sp³-hybridized carbons (Fsp3) is 0.391. The number of carbonyl (C=O) groups is 2. The molecule has 2 amide bonds. The molecular weight excluding hydrogens is 387 g/mol. The van der Waals surface area contributed by atoms with E-state index in [4.69, 9.17) is 9.47 Å². The van der Waals surface area contributed by atoms with Crippen LogP contribution in [0.3, 0.4) is 0 Å². The van der Waals surface area contributed by atoms with Crippen LogP contribution in [0.1, 0.15) is 30.9 Å². The molecule has 156 valence electrons. The van der Waals surface area contributed by atoms with Crippen molar-refractivity contribution in [2.75, 3.05) is 24.7 Å². The summed E-state index contributed by atoms with van der Waals surface area (Å²) in [6, 6.07) is 11.5. The average Bonchev–Trinajstić information content (AvgIpc) is 3.53. The third-order valence-corrected chi connectivity index (χ3v) is 5.95. The number of nitrogens with one attached hydrogen (secondary N) is 1. The van der Waals surface area contributed by atoms with Crippen LogP contribution < -0.4 is 19.7 Å². The maximum atomic E-state index is 13.3. The van der Waals surface area contributed by atoms with Gasteiger partial charge in [0.2, 0.25) is 11.8 Å². The van der Waals surface area contributed by atoms with Crippen LogP contribution in [0.25, 0.3) is 0 Å². The molecule has 2 unspecified atom stereocenters. The summed E-state index contributed by atoms with van der Waals surface area (Å²) in [6.45, 7) is 1.31. The lowest BCUT2D eigenvalue weighted by Crippen LogP contribution is -2.36. The van der Waals surface area contributed by atoms with E-state index in [-0.39, 0.29) is 30.1 Å². The lowest BCUT2D eigenvalue weighted by molar-refractivity contribution is -0.127. The molecule has 2 aromatic rings. The van der Waals surface area contributed by atoms with E-state index in [9.17, 15) is 14.0 Å². The van der Waals surface area contributed by atoms with Crippen molar-refractivity contribution in [1.29, 1.82) is 0 Å². The van der Waals surface area contributed by atoms with E-state index in [1.54, 1.807) is 29.2 Å². The van der Waals surface area contributed by atoms with Crippen LogP contribution in [0.2, 0.25) is 0 Å². The Labute approximate surface area is 174 Å². The molecule has 1 saturated heterocycles. The molecule has 30 heavy (non-hydrogen) atoms. The molecule has 2 aromatic carbocycles. The van der Waals surface area contributed by atoms with Gasteiger partial charge in [0.1, 0.15) is 19.0 Å². The first-order chi connectivity index (χ1) is 14.6. The van der Waals surface area contributed by atoms with Gasteiger partial charge in [-0.3, -0.25) is 9.59 Å². The minimum absolute atomic E-state index is 0.0865. The lowest BCUT2D eigenvalue weighted by atomic mass is 10.0. The van der Waals surface area contributed by atoms with Gasteiger partial charge in [0.15, 0.2) is 11.5 Å². The summed E-state index contributed by atoms with van der Waals surface area (Å²) in [5.41, 5.74) is 1.61. The quantitative estimate of drug-likeness (QED) is 0.822. The number of anilines is 1. The van der Waals surface area contributed by atoms with Gasteiger partial charge in [0.25, 0.3) is 0 Å². The molecule has 1 saturated carbocycles. The highest BCUT2D eigenvalue weighted by molar-refractivity contribution is 6.00. The van der Waals surface area contributed by atoms with Crippen LogP contribution in [0.4, 0.5) is 10.1 Å². The molecule has 0 spiro atoms. The van der Waals surface area contributed by atoms with Gasteiger partial charge in [-0.1, -0.05) is 12.1 Å². The number of ether oxygens (including phenoxy) is 2. The molecule has 1 aliphatic carbocycles. The van der Waals surface area contributed by atoms with Gasteiger partial charge in [0.05, 0.1) is 12.0 Å². The van der Waals surface area contributed by atoms with E-state index >= 15 is 0 Å². The molecule has 6 nitrogen and oxygen atoms in total. The van der Waals surface area contributed by atoms with E-state index in [0.717, 1.165) is 18.4 Å². The zero-order valence-corrected chi connectivity index (χ0v) is 16.5. The zero-order chi connectivity index (χ0) is 20.7. The van der Waals surface area contributed by atoms with Crippen molar-refractivity contribution in [2.45, 2.75) is 25.3 Å². The first kappa shape index (κ1) is 18.9. The van der Waals surface area contributed by atoms with Crippen molar-refractivity contribution >= 4 is 17.5 Å². The van der Waals surface area contributed by atoms with Crippen LogP contribution >= 0.6 is 0 Å². The molecule has 3 aliphatic rings. The summed E-state index contributed by atoms with van der Waals surface area (Å²) >= 11 is 0. The summed E-state index contributed by atoms with van der Waals surface area (Å²) in [7, 11) is 0. The highest BCUT2D eigenvalue weighted by atomic mass is 19.1. The number of nitrogens with zero attached hydrogens (tertiary/aromatic N) is 1. The van der Waals surface area contributed by atoms with E-state index in [1.165, 1.54) is 12.1 Å². The molecule has 2 heterocycles. The Kier molecular flexibility index (Phi) is 4.81. The van der Waals surface area contributed by atoms with Gasteiger partial charge >= 0.3 is 0 Å². The van der Waals surface area contributed by atoms with E-state index in [1.807, 2.05) is 6.07 Å². The summed E-state index contributed by atoms with van der Waals surface area (Å²) in [4.78, 5) is 27.2. The lowest BCUT2D eigenvalue weighted by Gasteiger charge is -2.23. The van der Waals surface area contributed by atoms with Gasteiger partial charge in [-0.05, 0) is 48.6 Å². The first-order valence-corrected chi connectivity index (χ1v) is 10.3. The van der Waals surface area contributed by atoms with E-state index < -0.39 is 5.92 Å². The van der Waals surface area contributed by atoms with Gasteiger partial charge in [-0.2, -0.15) is 0 Å². The number of hydrogen-bond acceptors (Lipinski definition) is 4. The van der Waals surface area contributed by atoms with E-state index in [2.05, 4.69) is 5.32 Å². The van der Waals surface area contributed by atoms with Crippen molar-refractivity contribution in [3.63, 3.8) is 0 Å². The molecule has 0 radical (unpaired) electrons. The second-order valence-electron chi connectivity index (χ2n) is 8.11. The molecular formula is C23H23FN2O4. The summed E-state index contributed by atoms with van der Waals surface area (Å²) in [5.74, 6) is 0.706. The van der Waals surface area contributed by atoms with Crippen molar-refractivity contribution in [1.82, 2.24) is 5.32 Å². The predicted octanol–water partition coefficient (Wildman–Crippen LogP) is 3.22. The Balaban J connectivity index is 1.29. The highest BCUT2D eigenvalue weighted by Gasteiger charge is 2.39. The minimum Gasteiger partial charge on any atom is -0.486 e. The SMILES string of the molecule is O=C(NC(c1ccc(F)cc1)C1CC1)C1CC(=O)N(c2ccc3c(c2)OCCO3)C1. The topological polar surface area (TPSA) is 67.9 Å². The van der Waals surface area contributed by atoms with Crippen molar-refractivity contribution in [3.05, 3.63) is 53.8 Å². The van der Waals surface area contributed by atoms with Crippen molar-refractivity contribution < 1.29 is 23.5 Å². The normalized spacial score (nSPS) is 21.4. The number of rotatable bonds is 5. The van der Waals surface area contributed by atoms with Crippen LogP contribution in [-0.4, -0.2) is 31.6 Å². The number of halogens is 1. The highest BCUT2D eigenvalue weighted by Crippen LogP contribution is 2.41. The summed E-state index contributed by atoms with van der Waals surface area (Å²) in [5, 5.41) is 3.11. The maximum absolute atomic E-state index is 13.3. The number of benzene rings is 2. The molecule has 1 N–H and O–H groups in total. The van der Waals surface area contributed by atoms with Gasteiger partial charge in [0, 0.05) is 24.7 Å². The van der Waals surface area contributed by atoms with Crippen LogP contribution in [-0.2, 0) is 9.59 Å². The summed E-state index contributed by atoms with van der Waals surface area (Å²) < 4.78 is 24.4. The number of fused-ring (bicyclic) bond motifs is 1. The molecule has 0 aromatic heterocycles. The molecule has 2 fully saturated rings. The Bertz CT molecular complexity index is 974. The standard InChI is InChI=1S/C23H23FN2O4/c24-17-5-3-15(4-6-17)22(14-1-2-14)25-23(28)16-11-21(27)26(13-16)18-7-8-19-20(12-18)30-10-9-29-19/h3-8,12,14,16,22H,1-2,9-11,13H2,(H,25,28). The van der Waals surface area contributed by atoms with Crippen LogP contribution in [0.5, 0.6) is 11.5 Å². The van der Waals surface area contributed by atoms with Crippen molar-refractivity contribution in [2.24, 2.45) is 11.8 Å². The molecule has 5 rings (SSSR count). The van der Waals surface area contributed by atoms with Crippen LogP contribution in [0, 0.1) is 17.7 Å². The van der Waals surface area contributed by atoms with Gasteiger partial charge < -0.3 is 19.7 Å². The third-order valence-electron chi connectivity index (χ3n) is 5.95. The summed E-state index contributed by atoms with van der Waals surface area (Å²) in [6.07, 6.45) is 2.24. The molecule has 2 aliphatic heterocycles. The Hall–Kier alpha value is -3.09. The molecule has 0 bridgehead atoms. The maximum Gasteiger partial charge on any atom is 0.227 e. The predicted molar refractivity (Wildman–Crippen MR) is 108 cm³/mol. The Morgan fingerprint density at radius 1 is 1.07 bits per heavy atom. The molecule has 2 atom stereocenters. The number of carbonyl (C=O) groups excluding carboxylic acids is 2. The van der Waals surface area contributed by atoms with Gasteiger partial charge in [-0.15, -0.1) is 0 Å². The zero-order valence-electron chi connectivity index (χ0n) is 16.5. The number of amides is 2. The first-order valence-electron chi connectivity index (χ1n) is 10.3. The largest absolute Gasteiger partial charge is 0.486 e. The second kappa shape index (κ2) is 7.63. The average molecular weight is 410 g/mol. The Morgan fingerprint density at radius 2 is 1.80 bits per heavy atom. The smallest absolute Gasteiger partial charge is 0.227 e. The number of hydrogen-bond donors (Lipinski definition) is 1. The van der Waals surface area contributed by atoms with Gasteiger partial charge in [-0.25, -0.2) is 4.39 Å². The van der Waals surface area contributed by atoms with E-state index in [0.29, 0.717) is 42.9 Å². The third kappa shape index (κ3) is 3.72. The second-order valence-corrected chi connectivity index (χ2v) is 8.11. The molecule has 7 heteroatoms.